The maximum atomic E-state index is 13.1. The highest BCUT2D eigenvalue weighted by molar-refractivity contribution is 6.16. The number of rotatable bonds is 4. The van der Waals surface area contributed by atoms with E-state index in [-0.39, 0.29) is 24.1 Å². The molecule has 1 aromatic heterocycles. The van der Waals surface area contributed by atoms with Crippen molar-refractivity contribution in [3.63, 3.8) is 0 Å². The summed E-state index contributed by atoms with van der Waals surface area (Å²) in [4.78, 5) is 4.28. The lowest BCUT2D eigenvalue weighted by molar-refractivity contribution is 0.628. The van der Waals surface area contributed by atoms with Crippen molar-refractivity contribution in [2.24, 2.45) is 0 Å². The molecule has 0 fully saturated rings. The van der Waals surface area contributed by atoms with Gasteiger partial charge in [0.2, 0.25) is 0 Å². The third-order valence-electron chi connectivity index (χ3n) is 2.58. The summed E-state index contributed by atoms with van der Waals surface area (Å²) in [7, 11) is 0. The summed E-state index contributed by atoms with van der Waals surface area (Å²) in [6.45, 7) is 0.678. The van der Waals surface area contributed by atoms with E-state index in [1.165, 1.54) is 12.1 Å². The van der Waals surface area contributed by atoms with E-state index in [1.807, 2.05) is 4.57 Å². The molecule has 0 amide bonds. The van der Waals surface area contributed by atoms with Gasteiger partial charge in [0, 0.05) is 19.0 Å². The second-order valence-corrected chi connectivity index (χ2v) is 3.98. The Morgan fingerprint density at radius 1 is 1.44 bits per heavy atom. The minimum absolute atomic E-state index is 0. The first kappa shape index (κ1) is 14.7. The SMILES string of the molecule is Cl.N#CCCCn1c(CCl)nc2cc(F)ccc21. The number of aromatic nitrogens is 2. The van der Waals surface area contributed by atoms with Crippen LogP contribution in [0.4, 0.5) is 4.39 Å². The predicted molar refractivity (Wildman–Crippen MR) is 71.3 cm³/mol. The molecule has 2 aromatic rings. The van der Waals surface area contributed by atoms with Crippen molar-refractivity contribution in [3.8, 4) is 6.07 Å². The van der Waals surface area contributed by atoms with Crippen molar-refractivity contribution in [2.75, 3.05) is 0 Å². The first-order valence-corrected chi connectivity index (χ1v) is 5.87. The van der Waals surface area contributed by atoms with Crippen molar-refractivity contribution in [2.45, 2.75) is 25.3 Å². The second-order valence-electron chi connectivity index (χ2n) is 3.71. The monoisotopic (exact) mass is 287 g/mol. The minimum atomic E-state index is -0.305. The molecule has 2 rings (SSSR count). The Labute approximate surface area is 116 Å². The average molecular weight is 288 g/mol. The molecule has 6 heteroatoms. The molecule has 0 aliphatic carbocycles. The van der Waals surface area contributed by atoms with Crippen LogP contribution in [0.25, 0.3) is 11.0 Å². The van der Waals surface area contributed by atoms with Crippen molar-refractivity contribution in [1.29, 1.82) is 5.26 Å². The minimum Gasteiger partial charge on any atom is -0.327 e. The highest BCUT2D eigenvalue weighted by atomic mass is 35.5. The van der Waals surface area contributed by atoms with Crippen molar-refractivity contribution < 1.29 is 4.39 Å². The number of nitrogens with zero attached hydrogens (tertiary/aromatic N) is 3. The lowest BCUT2D eigenvalue weighted by atomic mass is 10.3. The zero-order valence-corrected chi connectivity index (χ0v) is 11.1. The molecule has 3 nitrogen and oxygen atoms in total. The summed E-state index contributed by atoms with van der Waals surface area (Å²) < 4.78 is 15.0. The number of halogens is 3. The van der Waals surface area contributed by atoms with Crippen LogP contribution in [0.2, 0.25) is 0 Å². The molecule has 0 aliphatic heterocycles. The molecular formula is C12H12Cl2FN3. The van der Waals surface area contributed by atoms with Crippen molar-refractivity contribution in [3.05, 3.63) is 29.8 Å². The molecule has 0 N–H and O–H groups in total. The zero-order chi connectivity index (χ0) is 12.3. The van der Waals surface area contributed by atoms with E-state index in [1.54, 1.807) is 6.07 Å². The lowest BCUT2D eigenvalue weighted by Crippen LogP contribution is -2.02. The molecule has 96 valence electrons. The predicted octanol–water partition coefficient (Wildman–Crippen LogP) is 3.64. The number of hydrogen-bond donors (Lipinski definition) is 0. The van der Waals surface area contributed by atoms with E-state index in [2.05, 4.69) is 11.1 Å². The number of hydrogen-bond acceptors (Lipinski definition) is 2. The van der Waals surface area contributed by atoms with Gasteiger partial charge in [0.25, 0.3) is 0 Å². The van der Waals surface area contributed by atoms with Crippen LogP contribution in [0.3, 0.4) is 0 Å². The largest absolute Gasteiger partial charge is 0.327 e. The van der Waals surface area contributed by atoms with Crippen LogP contribution in [0, 0.1) is 17.1 Å². The number of unbranched alkanes of at least 4 members (excludes halogenated alkanes) is 1. The summed E-state index contributed by atoms with van der Waals surface area (Å²) in [5.74, 6) is 0.688. The smallest absolute Gasteiger partial charge is 0.125 e. The van der Waals surface area contributed by atoms with Gasteiger partial charge < -0.3 is 4.57 Å². The third-order valence-corrected chi connectivity index (χ3v) is 2.82. The molecule has 0 spiro atoms. The number of alkyl halides is 1. The number of aryl methyl sites for hydroxylation is 1. The molecule has 0 aliphatic rings. The Morgan fingerprint density at radius 3 is 2.89 bits per heavy atom. The highest BCUT2D eigenvalue weighted by Crippen LogP contribution is 2.19. The standard InChI is InChI=1S/C12H11ClFN3.ClH/c13-8-12-16-10-7-9(14)3-4-11(10)17(12)6-2-1-5-15;/h3-4,7H,1-2,6,8H2;1H. The first-order chi connectivity index (χ1) is 8.26. The Balaban J connectivity index is 0.00000162. The Morgan fingerprint density at radius 2 is 2.22 bits per heavy atom. The number of benzene rings is 1. The fourth-order valence-corrected chi connectivity index (χ4v) is 2.02. The molecule has 0 atom stereocenters. The van der Waals surface area contributed by atoms with Gasteiger partial charge in [0.05, 0.1) is 23.0 Å². The lowest BCUT2D eigenvalue weighted by Gasteiger charge is -2.05. The van der Waals surface area contributed by atoms with Gasteiger partial charge in [-0.25, -0.2) is 9.37 Å². The van der Waals surface area contributed by atoms with Gasteiger partial charge in [-0.2, -0.15) is 5.26 Å². The molecule has 1 aromatic carbocycles. The summed E-state index contributed by atoms with van der Waals surface area (Å²) in [5.41, 5.74) is 1.47. The van der Waals surface area contributed by atoms with Crippen LogP contribution in [-0.4, -0.2) is 9.55 Å². The maximum absolute atomic E-state index is 13.1. The van der Waals surface area contributed by atoms with Gasteiger partial charge in [0.15, 0.2) is 0 Å². The number of fused-ring (bicyclic) bond motifs is 1. The number of nitriles is 1. The van der Waals surface area contributed by atoms with Crippen LogP contribution in [-0.2, 0) is 12.4 Å². The molecule has 0 radical (unpaired) electrons. The van der Waals surface area contributed by atoms with Crippen LogP contribution >= 0.6 is 24.0 Å². The van der Waals surface area contributed by atoms with Gasteiger partial charge in [-0.3, -0.25) is 0 Å². The van der Waals surface area contributed by atoms with Crippen LogP contribution in [0.15, 0.2) is 18.2 Å². The summed E-state index contributed by atoms with van der Waals surface area (Å²) in [5, 5.41) is 8.52. The van der Waals surface area contributed by atoms with E-state index < -0.39 is 0 Å². The van der Waals surface area contributed by atoms with Crippen molar-refractivity contribution in [1.82, 2.24) is 9.55 Å². The van der Waals surface area contributed by atoms with Crippen molar-refractivity contribution >= 4 is 35.0 Å². The summed E-state index contributed by atoms with van der Waals surface area (Å²) in [6.07, 6.45) is 1.23. The Bertz CT molecular complexity index is 574. The molecule has 0 bridgehead atoms. The van der Waals surface area contributed by atoms with Crippen LogP contribution in [0.5, 0.6) is 0 Å². The molecule has 1 heterocycles. The van der Waals surface area contributed by atoms with Gasteiger partial charge in [-0.15, -0.1) is 24.0 Å². The third kappa shape index (κ3) is 2.92. The summed E-state index contributed by atoms with van der Waals surface area (Å²) in [6, 6.07) is 6.59. The van der Waals surface area contributed by atoms with Gasteiger partial charge in [0.1, 0.15) is 11.6 Å². The van der Waals surface area contributed by atoms with Crippen LogP contribution < -0.4 is 0 Å². The zero-order valence-electron chi connectivity index (χ0n) is 9.57. The van der Waals surface area contributed by atoms with Crippen LogP contribution in [0.1, 0.15) is 18.7 Å². The quantitative estimate of drug-likeness (QED) is 0.636. The molecule has 0 saturated carbocycles. The summed E-state index contributed by atoms with van der Waals surface area (Å²) >= 11 is 5.81. The fourth-order valence-electron chi connectivity index (χ4n) is 1.82. The molecule has 18 heavy (non-hydrogen) atoms. The van der Waals surface area contributed by atoms with Gasteiger partial charge in [-0.1, -0.05) is 0 Å². The first-order valence-electron chi connectivity index (χ1n) is 5.34. The maximum Gasteiger partial charge on any atom is 0.125 e. The van der Waals surface area contributed by atoms with Gasteiger partial charge >= 0.3 is 0 Å². The second kappa shape index (κ2) is 6.58. The molecular weight excluding hydrogens is 276 g/mol. The number of imidazole rings is 1. The van der Waals surface area contributed by atoms with E-state index in [0.29, 0.717) is 24.3 Å². The van der Waals surface area contributed by atoms with E-state index in [9.17, 15) is 4.39 Å². The highest BCUT2D eigenvalue weighted by Gasteiger charge is 2.10. The fraction of sp³-hybridized carbons (Fsp3) is 0.333. The Kier molecular flexibility index (Phi) is 5.39. The van der Waals surface area contributed by atoms with E-state index in [0.717, 1.165) is 11.9 Å². The van der Waals surface area contributed by atoms with E-state index in [4.69, 9.17) is 16.9 Å². The normalized spacial score (nSPS) is 10.1. The molecule has 0 saturated heterocycles. The molecule has 0 unspecified atom stereocenters. The average Bonchev–Trinajstić information content (AvgIpc) is 2.67. The Hall–Kier alpha value is -1.31. The van der Waals surface area contributed by atoms with E-state index >= 15 is 0 Å². The van der Waals surface area contributed by atoms with Gasteiger partial charge in [-0.05, 0) is 18.6 Å². The topological polar surface area (TPSA) is 41.6 Å².